The van der Waals surface area contributed by atoms with Crippen molar-refractivity contribution in [2.75, 3.05) is 6.26 Å². The molecule has 0 fully saturated rings. The van der Waals surface area contributed by atoms with Crippen LogP contribution in [0.3, 0.4) is 0 Å². The summed E-state index contributed by atoms with van der Waals surface area (Å²) >= 11 is 1.53. The van der Waals surface area contributed by atoms with E-state index >= 15 is 0 Å². The molecule has 2 aromatic heterocycles. The second-order valence-electron chi connectivity index (χ2n) is 3.22. The Morgan fingerprint density at radius 1 is 1.14 bits per heavy atom. The second-order valence-corrected chi connectivity index (χ2v) is 3.99. The predicted octanol–water partition coefficient (Wildman–Crippen LogP) is 1.77. The van der Waals surface area contributed by atoms with E-state index in [0.29, 0.717) is 5.78 Å². The largest absolute Gasteiger partial charge is 0.253 e. The lowest BCUT2D eigenvalue weighted by molar-refractivity contribution is 0.833. The lowest BCUT2D eigenvalue weighted by Crippen LogP contribution is -2.02. The van der Waals surface area contributed by atoms with Crippen LogP contribution in [0.5, 0.6) is 0 Å². The van der Waals surface area contributed by atoms with Crippen LogP contribution in [0.15, 0.2) is 5.16 Å². The molecule has 0 spiro atoms. The van der Waals surface area contributed by atoms with Gasteiger partial charge in [0, 0.05) is 11.4 Å². The highest BCUT2D eigenvalue weighted by Crippen LogP contribution is 2.15. The maximum Gasteiger partial charge on any atom is 0.253 e. The van der Waals surface area contributed by atoms with Gasteiger partial charge in [0.1, 0.15) is 0 Å². The number of nitrogens with zero attached hydrogens (tertiary/aromatic N) is 4. The standard InChI is InChI=1S/C9H12N4S/c1-5-6(2)10-8-11-9(14-4)12-13(8)7(5)3/h1-4H3. The smallest absolute Gasteiger partial charge is 0.216 e. The zero-order valence-corrected chi connectivity index (χ0v) is 9.51. The molecule has 0 unspecified atom stereocenters. The zero-order valence-electron chi connectivity index (χ0n) is 8.70. The molecular weight excluding hydrogens is 196 g/mol. The van der Waals surface area contributed by atoms with Crippen LogP contribution >= 0.6 is 11.8 Å². The van der Waals surface area contributed by atoms with E-state index < -0.39 is 0 Å². The van der Waals surface area contributed by atoms with Crippen molar-refractivity contribution in [3.8, 4) is 0 Å². The van der Waals surface area contributed by atoms with Gasteiger partial charge < -0.3 is 0 Å². The van der Waals surface area contributed by atoms with E-state index in [1.807, 2.05) is 20.1 Å². The summed E-state index contributed by atoms with van der Waals surface area (Å²) in [5.41, 5.74) is 3.31. The van der Waals surface area contributed by atoms with Gasteiger partial charge in [-0.15, -0.1) is 5.10 Å². The highest BCUT2D eigenvalue weighted by molar-refractivity contribution is 7.98. The van der Waals surface area contributed by atoms with Crippen molar-refractivity contribution in [3.63, 3.8) is 0 Å². The minimum atomic E-state index is 0.690. The average molecular weight is 208 g/mol. The molecule has 0 N–H and O–H groups in total. The number of aryl methyl sites for hydroxylation is 2. The lowest BCUT2D eigenvalue weighted by Gasteiger charge is -2.04. The van der Waals surface area contributed by atoms with Gasteiger partial charge in [0.15, 0.2) is 0 Å². The van der Waals surface area contributed by atoms with Crippen LogP contribution in [-0.2, 0) is 0 Å². The third-order valence-electron chi connectivity index (χ3n) is 2.42. The SMILES string of the molecule is CSc1nc2nc(C)c(C)c(C)n2n1. The topological polar surface area (TPSA) is 43.1 Å². The minimum Gasteiger partial charge on any atom is -0.216 e. The summed E-state index contributed by atoms with van der Waals surface area (Å²) in [4.78, 5) is 8.68. The van der Waals surface area contributed by atoms with Crippen molar-refractivity contribution in [3.05, 3.63) is 17.0 Å². The number of aromatic nitrogens is 4. The molecule has 0 saturated carbocycles. The van der Waals surface area contributed by atoms with Gasteiger partial charge in [-0.3, -0.25) is 0 Å². The quantitative estimate of drug-likeness (QED) is 0.670. The van der Waals surface area contributed by atoms with Gasteiger partial charge in [-0.2, -0.15) is 4.98 Å². The molecule has 0 bridgehead atoms. The van der Waals surface area contributed by atoms with Crippen molar-refractivity contribution < 1.29 is 0 Å². The van der Waals surface area contributed by atoms with Crippen molar-refractivity contribution in [1.82, 2.24) is 19.6 Å². The molecule has 2 aromatic rings. The van der Waals surface area contributed by atoms with Gasteiger partial charge in [0.25, 0.3) is 5.78 Å². The summed E-state index contributed by atoms with van der Waals surface area (Å²) in [6, 6.07) is 0. The third-order valence-corrected chi connectivity index (χ3v) is 2.96. The van der Waals surface area contributed by atoms with Crippen molar-refractivity contribution in [1.29, 1.82) is 0 Å². The number of thioether (sulfide) groups is 1. The minimum absolute atomic E-state index is 0.690. The summed E-state index contributed by atoms with van der Waals surface area (Å²) < 4.78 is 1.80. The number of hydrogen-bond acceptors (Lipinski definition) is 4. The molecule has 0 aliphatic rings. The van der Waals surface area contributed by atoms with Gasteiger partial charge in [-0.25, -0.2) is 9.50 Å². The Balaban J connectivity index is 2.81. The highest BCUT2D eigenvalue weighted by atomic mass is 32.2. The van der Waals surface area contributed by atoms with Crippen LogP contribution < -0.4 is 0 Å². The van der Waals surface area contributed by atoms with Crippen LogP contribution in [0.25, 0.3) is 5.78 Å². The Labute approximate surface area is 86.8 Å². The predicted molar refractivity (Wildman–Crippen MR) is 56.8 cm³/mol. The Bertz CT molecular complexity index is 489. The molecule has 5 heteroatoms. The van der Waals surface area contributed by atoms with Gasteiger partial charge in [0.2, 0.25) is 5.16 Å². The number of fused-ring (bicyclic) bond motifs is 1. The van der Waals surface area contributed by atoms with Crippen LogP contribution in [0, 0.1) is 20.8 Å². The van der Waals surface area contributed by atoms with Crippen LogP contribution in [0.4, 0.5) is 0 Å². The molecular formula is C9H12N4S. The fourth-order valence-electron chi connectivity index (χ4n) is 1.32. The van der Waals surface area contributed by atoms with E-state index in [1.165, 1.54) is 17.3 Å². The summed E-state index contributed by atoms with van der Waals surface area (Å²) in [7, 11) is 0. The van der Waals surface area contributed by atoms with E-state index in [9.17, 15) is 0 Å². The van der Waals surface area contributed by atoms with Gasteiger partial charge in [0.05, 0.1) is 0 Å². The molecule has 0 saturated heterocycles. The molecule has 4 nitrogen and oxygen atoms in total. The average Bonchev–Trinajstić information content (AvgIpc) is 2.57. The maximum absolute atomic E-state index is 4.38. The first-order chi connectivity index (χ1) is 6.63. The Morgan fingerprint density at radius 2 is 1.86 bits per heavy atom. The van der Waals surface area contributed by atoms with Crippen LogP contribution in [0.2, 0.25) is 0 Å². The normalized spacial score (nSPS) is 11.1. The number of hydrogen-bond donors (Lipinski definition) is 0. The van der Waals surface area contributed by atoms with Crippen molar-refractivity contribution >= 4 is 17.5 Å². The molecule has 74 valence electrons. The Hall–Kier alpha value is -1.10. The fourth-order valence-corrected chi connectivity index (χ4v) is 1.66. The number of rotatable bonds is 1. The lowest BCUT2D eigenvalue weighted by atomic mass is 10.2. The molecule has 0 aliphatic carbocycles. The highest BCUT2D eigenvalue weighted by Gasteiger charge is 2.09. The molecule has 0 atom stereocenters. The molecule has 2 heterocycles. The molecule has 0 amide bonds. The fraction of sp³-hybridized carbons (Fsp3) is 0.444. The molecule has 14 heavy (non-hydrogen) atoms. The summed E-state index contributed by atoms with van der Waals surface area (Å²) in [6.07, 6.45) is 1.96. The van der Waals surface area contributed by atoms with Gasteiger partial charge in [-0.05, 0) is 32.6 Å². The van der Waals surface area contributed by atoms with E-state index in [1.54, 1.807) is 4.52 Å². The van der Waals surface area contributed by atoms with Crippen molar-refractivity contribution in [2.45, 2.75) is 25.9 Å². The zero-order chi connectivity index (χ0) is 10.3. The molecule has 0 aliphatic heterocycles. The Morgan fingerprint density at radius 3 is 2.50 bits per heavy atom. The van der Waals surface area contributed by atoms with Crippen LogP contribution in [-0.4, -0.2) is 25.8 Å². The summed E-state index contributed by atoms with van der Waals surface area (Å²) in [5, 5.41) is 5.11. The maximum atomic E-state index is 4.38. The molecule has 0 aromatic carbocycles. The Kier molecular flexibility index (Phi) is 2.19. The first kappa shape index (κ1) is 9.45. The first-order valence-corrected chi connectivity index (χ1v) is 5.60. The summed E-state index contributed by atoms with van der Waals surface area (Å²) in [6.45, 7) is 6.09. The van der Waals surface area contributed by atoms with Crippen LogP contribution in [0.1, 0.15) is 17.0 Å². The van der Waals surface area contributed by atoms with E-state index in [4.69, 9.17) is 0 Å². The van der Waals surface area contributed by atoms with Gasteiger partial charge >= 0.3 is 0 Å². The van der Waals surface area contributed by atoms with E-state index in [2.05, 4.69) is 22.0 Å². The molecule has 0 radical (unpaired) electrons. The van der Waals surface area contributed by atoms with E-state index in [0.717, 1.165) is 16.5 Å². The third kappa shape index (κ3) is 1.28. The van der Waals surface area contributed by atoms with E-state index in [-0.39, 0.29) is 0 Å². The summed E-state index contributed by atoms with van der Waals surface area (Å²) in [5.74, 6) is 0.690. The monoisotopic (exact) mass is 208 g/mol. The van der Waals surface area contributed by atoms with Crippen molar-refractivity contribution in [2.24, 2.45) is 0 Å². The second kappa shape index (κ2) is 3.24. The first-order valence-electron chi connectivity index (χ1n) is 4.38. The molecule has 2 rings (SSSR count). The van der Waals surface area contributed by atoms with Gasteiger partial charge in [-0.1, -0.05) is 11.8 Å².